The van der Waals surface area contributed by atoms with E-state index < -0.39 is 5.97 Å². The molecule has 0 spiro atoms. The lowest BCUT2D eigenvalue weighted by molar-refractivity contribution is -0.131. The molecule has 0 saturated heterocycles. The number of phenolic OH excluding ortho intramolecular Hbond substituents is 2. The number of carboxylic acid groups (broad SMARTS) is 1. The van der Waals surface area contributed by atoms with Crippen LogP contribution in [0.2, 0.25) is 0 Å². The topological polar surface area (TPSA) is 96.2 Å². The van der Waals surface area contributed by atoms with Crippen LogP contribution in [-0.2, 0) is 14.3 Å². The zero-order valence-electron chi connectivity index (χ0n) is 12.4. The number of carbonyl (C=O) groups is 1. The Bertz CT molecular complexity index is 449. The molecule has 1 aromatic carbocycles. The molecule has 0 atom stereocenters. The molecule has 6 nitrogen and oxygen atoms in total. The second-order valence-electron chi connectivity index (χ2n) is 3.90. The van der Waals surface area contributed by atoms with Crippen LogP contribution in [0.1, 0.15) is 26.3 Å². The molecule has 3 N–H and O–H groups in total. The molecule has 0 unspecified atom stereocenters. The maximum atomic E-state index is 10.1. The molecule has 0 heterocycles. The molecule has 0 aromatic heterocycles. The summed E-state index contributed by atoms with van der Waals surface area (Å²) in [7, 11) is 0. The largest absolute Gasteiger partial charge is 0.504 e. The smallest absolute Gasteiger partial charge is 0.328 e. The number of phenols is 2. The van der Waals surface area contributed by atoms with Crippen LogP contribution >= 0.6 is 0 Å². The predicted molar refractivity (Wildman–Crippen MR) is 79.2 cm³/mol. The summed E-state index contributed by atoms with van der Waals surface area (Å²) in [6.07, 6.45) is 2.23. The fourth-order valence-electron chi connectivity index (χ4n) is 1.33. The van der Waals surface area contributed by atoms with E-state index in [2.05, 4.69) is 0 Å². The van der Waals surface area contributed by atoms with Gasteiger partial charge in [-0.1, -0.05) is 6.07 Å². The van der Waals surface area contributed by atoms with E-state index in [4.69, 9.17) is 24.8 Å². The summed E-state index contributed by atoms with van der Waals surface area (Å²) in [5.41, 5.74) is 0.512. The third-order valence-electron chi connectivity index (χ3n) is 2.22. The minimum atomic E-state index is -1.06. The van der Waals surface area contributed by atoms with Crippen LogP contribution < -0.4 is 0 Å². The second kappa shape index (κ2) is 10.7. The third kappa shape index (κ3) is 9.48. The van der Waals surface area contributed by atoms with Crippen LogP contribution in [0, 0.1) is 0 Å². The number of rotatable bonds is 6. The summed E-state index contributed by atoms with van der Waals surface area (Å²) in [5, 5.41) is 26.3. The van der Waals surface area contributed by atoms with Gasteiger partial charge in [0.2, 0.25) is 0 Å². The summed E-state index contributed by atoms with van der Waals surface area (Å²) in [5.74, 6) is -1.56. The second-order valence-corrected chi connectivity index (χ2v) is 3.90. The molecule has 0 radical (unpaired) electrons. The molecule has 0 aliphatic carbocycles. The molecule has 0 bridgehead atoms. The number of aromatic hydroxyl groups is 2. The Hall–Kier alpha value is -2.05. The molecule has 0 aliphatic rings. The average Bonchev–Trinajstić information content (AvgIpc) is 2.41. The van der Waals surface area contributed by atoms with Crippen LogP contribution in [-0.4, -0.2) is 40.8 Å². The van der Waals surface area contributed by atoms with Crippen LogP contribution in [0.4, 0.5) is 0 Å². The van der Waals surface area contributed by atoms with Crippen molar-refractivity contribution in [2.45, 2.75) is 27.1 Å². The minimum absolute atomic E-state index is 0.0370. The zero-order valence-corrected chi connectivity index (χ0v) is 12.4. The number of aliphatic carboxylic acids is 1. The van der Waals surface area contributed by atoms with Crippen molar-refractivity contribution in [1.29, 1.82) is 0 Å². The van der Waals surface area contributed by atoms with Crippen LogP contribution in [0.3, 0.4) is 0 Å². The van der Waals surface area contributed by atoms with E-state index in [1.165, 1.54) is 24.3 Å². The highest BCUT2D eigenvalue weighted by Crippen LogP contribution is 2.25. The number of hydrogen-bond donors (Lipinski definition) is 3. The lowest BCUT2D eigenvalue weighted by Crippen LogP contribution is -2.11. The highest BCUT2D eigenvalue weighted by molar-refractivity contribution is 5.85. The minimum Gasteiger partial charge on any atom is -0.504 e. The molecule has 0 saturated carbocycles. The fraction of sp³-hybridized carbons (Fsp3) is 0.400. The third-order valence-corrected chi connectivity index (χ3v) is 2.22. The summed E-state index contributed by atoms with van der Waals surface area (Å²) < 4.78 is 10.1. The van der Waals surface area contributed by atoms with Gasteiger partial charge in [-0.3, -0.25) is 0 Å². The quantitative estimate of drug-likeness (QED) is 0.424. The van der Waals surface area contributed by atoms with Gasteiger partial charge in [-0.25, -0.2) is 4.79 Å². The Labute approximate surface area is 124 Å². The number of hydrogen-bond acceptors (Lipinski definition) is 5. The monoisotopic (exact) mass is 298 g/mol. The van der Waals surface area contributed by atoms with Crippen LogP contribution in [0.15, 0.2) is 24.3 Å². The SMILES string of the molecule is CCOC(C)OCC.O=C(O)/C=C/c1ccc(O)c(O)c1. The van der Waals surface area contributed by atoms with E-state index in [0.29, 0.717) is 5.56 Å². The Morgan fingerprint density at radius 1 is 1.19 bits per heavy atom. The Morgan fingerprint density at radius 3 is 2.19 bits per heavy atom. The fourth-order valence-corrected chi connectivity index (χ4v) is 1.33. The number of ether oxygens (including phenoxy) is 2. The number of carboxylic acids is 1. The molecule has 6 heteroatoms. The zero-order chi connectivity index (χ0) is 16.3. The van der Waals surface area contributed by atoms with Crippen LogP contribution in [0.25, 0.3) is 6.08 Å². The van der Waals surface area contributed by atoms with Crippen molar-refractivity contribution in [3.05, 3.63) is 29.8 Å². The molecular formula is C15H22O6. The molecule has 0 fully saturated rings. The van der Waals surface area contributed by atoms with Crippen molar-refractivity contribution in [3.8, 4) is 11.5 Å². The van der Waals surface area contributed by atoms with Gasteiger partial charge in [-0.05, 0) is 44.5 Å². The standard InChI is InChI=1S/C9H8O4.C6H14O2/c10-7-3-1-6(5-8(7)11)2-4-9(12)13;1-4-7-6(3)8-5-2/h1-5,10-11H,(H,12,13);6H,4-5H2,1-3H3/b4-2+;. The highest BCUT2D eigenvalue weighted by Gasteiger charge is 1.98. The van der Waals surface area contributed by atoms with E-state index in [-0.39, 0.29) is 17.8 Å². The molecule has 118 valence electrons. The first-order chi connectivity index (χ1) is 9.90. The number of benzene rings is 1. The molecule has 0 amide bonds. The average molecular weight is 298 g/mol. The molecule has 0 aliphatic heterocycles. The lowest BCUT2D eigenvalue weighted by Gasteiger charge is -2.09. The van der Waals surface area contributed by atoms with Gasteiger partial charge in [0, 0.05) is 19.3 Å². The van der Waals surface area contributed by atoms with Crippen molar-refractivity contribution < 1.29 is 29.6 Å². The van der Waals surface area contributed by atoms with E-state index in [1.807, 2.05) is 20.8 Å². The van der Waals surface area contributed by atoms with Gasteiger partial charge in [0.15, 0.2) is 17.8 Å². The first-order valence-corrected chi connectivity index (χ1v) is 6.56. The summed E-state index contributed by atoms with van der Waals surface area (Å²) in [4.78, 5) is 10.1. The van der Waals surface area contributed by atoms with Crippen molar-refractivity contribution in [1.82, 2.24) is 0 Å². The van der Waals surface area contributed by atoms with Crippen molar-refractivity contribution in [2.75, 3.05) is 13.2 Å². The van der Waals surface area contributed by atoms with Crippen LogP contribution in [0.5, 0.6) is 11.5 Å². The van der Waals surface area contributed by atoms with E-state index in [9.17, 15) is 4.79 Å². The Morgan fingerprint density at radius 2 is 1.76 bits per heavy atom. The van der Waals surface area contributed by atoms with Gasteiger partial charge in [0.05, 0.1) is 0 Å². The van der Waals surface area contributed by atoms with E-state index in [1.54, 1.807) is 0 Å². The lowest BCUT2D eigenvalue weighted by atomic mass is 10.2. The van der Waals surface area contributed by atoms with Crippen molar-refractivity contribution in [3.63, 3.8) is 0 Å². The van der Waals surface area contributed by atoms with Crippen molar-refractivity contribution in [2.24, 2.45) is 0 Å². The van der Waals surface area contributed by atoms with Gasteiger partial charge in [-0.2, -0.15) is 0 Å². The first-order valence-electron chi connectivity index (χ1n) is 6.56. The molecule has 1 rings (SSSR count). The van der Waals surface area contributed by atoms with Gasteiger partial charge in [-0.15, -0.1) is 0 Å². The summed E-state index contributed by atoms with van der Waals surface area (Å²) >= 11 is 0. The maximum absolute atomic E-state index is 10.1. The molecular weight excluding hydrogens is 276 g/mol. The predicted octanol–water partition coefficient (Wildman–Crippen LogP) is 2.60. The molecule has 1 aromatic rings. The van der Waals surface area contributed by atoms with Crippen molar-refractivity contribution >= 4 is 12.0 Å². The van der Waals surface area contributed by atoms with E-state index >= 15 is 0 Å². The van der Waals surface area contributed by atoms with Gasteiger partial charge in [0.25, 0.3) is 0 Å². The first kappa shape index (κ1) is 18.9. The van der Waals surface area contributed by atoms with Gasteiger partial charge in [0.1, 0.15) is 0 Å². The Kier molecular flexibility index (Phi) is 9.66. The summed E-state index contributed by atoms with van der Waals surface area (Å²) in [6.45, 7) is 7.25. The van der Waals surface area contributed by atoms with Gasteiger partial charge >= 0.3 is 5.97 Å². The summed E-state index contributed by atoms with van der Waals surface area (Å²) in [6, 6.07) is 4.06. The Balaban J connectivity index is 0.000000433. The molecule has 21 heavy (non-hydrogen) atoms. The maximum Gasteiger partial charge on any atom is 0.328 e. The van der Waals surface area contributed by atoms with E-state index in [0.717, 1.165) is 19.3 Å². The highest BCUT2D eigenvalue weighted by atomic mass is 16.7. The normalized spacial score (nSPS) is 10.5. The van der Waals surface area contributed by atoms with Gasteiger partial charge < -0.3 is 24.8 Å².